The number of carbonyl (C=O) groups is 1. The second kappa shape index (κ2) is 7.39. The summed E-state index contributed by atoms with van der Waals surface area (Å²) in [7, 11) is 1.58. The van der Waals surface area contributed by atoms with Gasteiger partial charge < -0.3 is 19.8 Å². The molecule has 0 unspecified atom stereocenters. The van der Waals surface area contributed by atoms with Crippen molar-refractivity contribution >= 4 is 11.9 Å². The number of rotatable bonds is 7. The molecule has 2 heterocycles. The van der Waals surface area contributed by atoms with Gasteiger partial charge in [0, 0.05) is 19.3 Å². The number of amides is 1. The van der Waals surface area contributed by atoms with E-state index in [-0.39, 0.29) is 5.91 Å². The van der Waals surface area contributed by atoms with Crippen LogP contribution in [0.1, 0.15) is 21.9 Å². The van der Waals surface area contributed by atoms with Gasteiger partial charge in [0.05, 0.1) is 19.4 Å². The summed E-state index contributed by atoms with van der Waals surface area (Å²) in [4.78, 5) is 20.4. The number of ether oxygens (including phenoxy) is 1. The van der Waals surface area contributed by atoms with Crippen molar-refractivity contribution in [1.29, 1.82) is 0 Å². The van der Waals surface area contributed by atoms with Crippen LogP contribution in [0, 0.1) is 6.92 Å². The van der Waals surface area contributed by atoms with Gasteiger partial charge in [0.1, 0.15) is 11.5 Å². The first-order valence-corrected chi connectivity index (χ1v) is 6.58. The Morgan fingerprint density at radius 1 is 1.43 bits per heavy atom. The zero-order chi connectivity index (χ0) is 15.1. The zero-order valence-electron chi connectivity index (χ0n) is 12.0. The van der Waals surface area contributed by atoms with Gasteiger partial charge in [0.2, 0.25) is 5.95 Å². The molecule has 0 saturated carbocycles. The maximum Gasteiger partial charge on any atom is 0.270 e. The molecule has 0 aliphatic carbocycles. The van der Waals surface area contributed by atoms with Gasteiger partial charge in [-0.3, -0.25) is 4.79 Å². The maximum atomic E-state index is 12.0. The number of carbonyl (C=O) groups excluding carboxylic acids is 1. The predicted molar refractivity (Wildman–Crippen MR) is 77.0 cm³/mol. The maximum absolute atomic E-state index is 12.0. The Labute approximate surface area is 122 Å². The molecule has 112 valence electrons. The molecule has 0 spiro atoms. The van der Waals surface area contributed by atoms with E-state index >= 15 is 0 Å². The van der Waals surface area contributed by atoms with Crippen LogP contribution in [0.15, 0.2) is 28.9 Å². The largest absolute Gasteiger partial charge is 0.467 e. The van der Waals surface area contributed by atoms with Crippen molar-refractivity contribution in [3.05, 3.63) is 41.6 Å². The minimum Gasteiger partial charge on any atom is -0.467 e. The number of furan rings is 1. The van der Waals surface area contributed by atoms with E-state index < -0.39 is 0 Å². The van der Waals surface area contributed by atoms with Crippen LogP contribution in [0.25, 0.3) is 0 Å². The van der Waals surface area contributed by atoms with E-state index in [0.717, 1.165) is 5.76 Å². The van der Waals surface area contributed by atoms with Gasteiger partial charge in [-0.2, -0.15) is 0 Å². The number of aryl methyl sites for hydroxylation is 1. The van der Waals surface area contributed by atoms with E-state index in [1.165, 1.54) is 0 Å². The summed E-state index contributed by atoms with van der Waals surface area (Å²) in [5.74, 6) is 0.910. The highest BCUT2D eigenvalue weighted by Crippen LogP contribution is 2.07. The topological polar surface area (TPSA) is 89.3 Å². The fourth-order valence-corrected chi connectivity index (χ4v) is 1.70. The van der Waals surface area contributed by atoms with Crippen LogP contribution in [0.4, 0.5) is 5.95 Å². The van der Waals surface area contributed by atoms with Gasteiger partial charge in [-0.15, -0.1) is 0 Å². The zero-order valence-corrected chi connectivity index (χ0v) is 12.0. The van der Waals surface area contributed by atoms with Crippen LogP contribution >= 0.6 is 0 Å². The smallest absolute Gasteiger partial charge is 0.270 e. The molecule has 0 aliphatic heterocycles. The lowest BCUT2D eigenvalue weighted by Crippen LogP contribution is -2.28. The molecule has 0 bridgehead atoms. The van der Waals surface area contributed by atoms with Crippen LogP contribution in [0.3, 0.4) is 0 Å². The Morgan fingerprint density at radius 2 is 2.29 bits per heavy atom. The third kappa shape index (κ3) is 4.57. The Balaban J connectivity index is 2.00. The van der Waals surface area contributed by atoms with Crippen molar-refractivity contribution in [2.24, 2.45) is 0 Å². The highest BCUT2D eigenvalue weighted by molar-refractivity contribution is 5.92. The molecule has 0 aromatic carbocycles. The van der Waals surface area contributed by atoms with E-state index in [4.69, 9.17) is 9.15 Å². The summed E-state index contributed by atoms with van der Waals surface area (Å²) in [5.41, 5.74) is 1.03. The van der Waals surface area contributed by atoms with Gasteiger partial charge in [0.25, 0.3) is 5.91 Å². The molecular weight excluding hydrogens is 272 g/mol. The van der Waals surface area contributed by atoms with Gasteiger partial charge in [-0.25, -0.2) is 9.97 Å². The third-order valence-electron chi connectivity index (χ3n) is 2.68. The molecule has 0 fully saturated rings. The molecule has 21 heavy (non-hydrogen) atoms. The number of anilines is 1. The summed E-state index contributed by atoms with van der Waals surface area (Å²) in [6.07, 6.45) is 1.60. The van der Waals surface area contributed by atoms with E-state index in [1.807, 2.05) is 19.1 Å². The summed E-state index contributed by atoms with van der Waals surface area (Å²) >= 11 is 0. The lowest BCUT2D eigenvalue weighted by molar-refractivity contribution is 0.0932. The van der Waals surface area contributed by atoms with Crippen LogP contribution in [-0.4, -0.2) is 36.1 Å². The SMILES string of the molecule is COCCNC(=O)c1cc(C)nc(NCc2ccco2)n1. The fourth-order valence-electron chi connectivity index (χ4n) is 1.70. The van der Waals surface area contributed by atoms with Crippen LogP contribution < -0.4 is 10.6 Å². The third-order valence-corrected chi connectivity index (χ3v) is 2.68. The highest BCUT2D eigenvalue weighted by atomic mass is 16.5. The number of hydrogen-bond donors (Lipinski definition) is 2. The molecule has 7 nitrogen and oxygen atoms in total. The highest BCUT2D eigenvalue weighted by Gasteiger charge is 2.10. The summed E-state index contributed by atoms with van der Waals surface area (Å²) in [6, 6.07) is 5.30. The molecule has 0 saturated heterocycles. The first kappa shape index (κ1) is 15.0. The average Bonchev–Trinajstić information content (AvgIpc) is 2.98. The molecule has 1 amide bonds. The number of methoxy groups -OCH3 is 1. The van der Waals surface area contributed by atoms with Crippen LogP contribution in [0.5, 0.6) is 0 Å². The van der Waals surface area contributed by atoms with Crippen LogP contribution in [-0.2, 0) is 11.3 Å². The number of hydrogen-bond acceptors (Lipinski definition) is 6. The summed E-state index contributed by atoms with van der Waals surface area (Å²) in [5, 5.41) is 5.75. The second-order valence-electron chi connectivity index (χ2n) is 4.40. The monoisotopic (exact) mass is 290 g/mol. The lowest BCUT2D eigenvalue weighted by atomic mass is 10.3. The molecule has 0 radical (unpaired) electrons. The van der Waals surface area contributed by atoms with Crippen molar-refractivity contribution in [2.45, 2.75) is 13.5 Å². The van der Waals surface area contributed by atoms with Crippen molar-refractivity contribution in [1.82, 2.24) is 15.3 Å². The fraction of sp³-hybridized carbons (Fsp3) is 0.357. The number of nitrogens with zero attached hydrogens (tertiary/aromatic N) is 2. The lowest BCUT2D eigenvalue weighted by Gasteiger charge is -2.08. The summed E-state index contributed by atoms with van der Waals surface area (Å²) in [6.45, 7) is 3.17. The van der Waals surface area contributed by atoms with Gasteiger partial charge in [-0.05, 0) is 25.1 Å². The standard InChI is InChI=1S/C14H18N4O3/c1-10-8-12(13(19)15-5-7-20-2)18-14(17-10)16-9-11-4-3-6-21-11/h3-4,6,8H,5,7,9H2,1-2H3,(H,15,19)(H,16,17,18). The Morgan fingerprint density at radius 3 is 3.00 bits per heavy atom. The first-order valence-electron chi connectivity index (χ1n) is 6.58. The van der Waals surface area contributed by atoms with E-state index in [0.29, 0.717) is 37.0 Å². The van der Waals surface area contributed by atoms with Gasteiger partial charge in [-0.1, -0.05) is 0 Å². The van der Waals surface area contributed by atoms with Crippen molar-refractivity contribution in [2.75, 3.05) is 25.6 Å². The van der Waals surface area contributed by atoms with Gasteiger partial charge >= 0.3 is 0 Å². The minimum atomic E-state index is -0.251. The molecular formula is C14H18N4O3. The number of aromatic nitrogens is 2. The molecule has 0 atom stereocenters. The quantitative estimate of drug-likeness (QED) is 0.749. The van der Waals surface area contributed by atoms with Gasteiger partial charge in [0.15, 0.2) is 0 Å². The predicted octanol–water partition coefficient (Wildman–Crippen LogP) is 1.37. The Kier molecular flexibility index (Phi) is 5.28. The van der Waals surface area contributed by atoms with Crippen molar-refractivity contribution < 1.29 is 13.9 Å². The summed E-state index contributed by atoms with van der Waals surface area (Å²) < 4.78 is 10.1. The molecule has 2 aromatic heterocycles. The Hall–Kier alpha value is -2.41. The molecule has 2 N–H and O–H groups in total. The Bertz CT molecular complexity index is 584. The second-order valence-corrected chi connectivity index (χ2v) is 4.40. The normalized spacial score (nSPS) is 10.4. The molecule has 7 heteroatoms. The minimum absolute atomic E-state index is 0.251. The van der Waals surface area contributed by atoms with Crippen LogP contribution in [0.2, 0.25) is 0 Å². The van der Waals surface area contributed by atoms with E-state index in [1.54, 1.807) is 19.4 Å². The first-order chi connectivity index (χ1) is 10.2. The molecule has 2 aromatic rings. The van der Waals surface area contributed by atoms with Crippen molar-refractivity contribution in [3.63, 3.8) is 0 Å². The van der Waals surface area contributed by atoms with E-state index in [9.17, 15) is 4.79 Å². The molecule has 2 rings (SSSR count). The number of nitrogens with one attached hydrogen (secondary N) is 2. The van der Waals surface area contributed by atoms with E-state index in [2.05, 4.69) is 20.6 Å². The molecule has 0 aliphatic rings. The van der Waals surface area contributed by atoms with Crippen molar-refractivity contribution in [3.8, 4) is 0 Å². The average molecular weight is 290 g/mol.